The van der Waals surface area contributed by atoms with Crippen molar-refractivity contribution >= 4 is 17.5 Å². The average molecular weight is 189 g/mol. The topological polar surface area (TPSA) is 79.6 Å². The highest BCUT2D eigenvalue weighted by molar-refractivity contribution is 5.53. The second-order valence-electron chi connectivity index (χ2n) is 3.01. The number of aromatic nitrogens is 3. The van der Waals surface area contributed by atoms with E-state index in [0.29, 0.717) is 11.6 Å². The van der Waals surface area contributed by atoms with Crippen LogP contribution in [0.2, 0.25) is 0 Å². The van der Waals surface area contributed by atoms with Crippen LogP contribution in [0, 0.1) is 6.92 Å². The molecule has 72 valence electrons. The third-order valence-corrected chi connectivity index (χ3v) is 1.73. The summed E-state index contributed by atoms with van der Waals surface area (Å²) in [5, 5.41) is 9.89. The van der Waals surface area contributed by atoms with Gasteiger partial charge in [0, 0.05) is 11.8 Å². The molecule has 0 spiro atoms. The Hall–Kier alpha value is -2.04. The van der Waals surface area contributed by atoms with Gasteiger partial charge in [-0.05, 0) is 19.1 Å². The molecule has 0 aromatic carbocycles. The number of nitrogen functional groups attached to an aromatic ring is 1. The fourth-order valence-electron chi connectivity index (χ4n) is 1.13. The molecule has 0 amide bonds. The van der Waals surface area contributed by atoms with Crippen LogP contribution in [0.3, 0.4) is 0 Å². The van der Waals surface area contributed by atoms with E-state index in [1.54, 1.807) is 6.07 Å². The molecule has 2 heterocycles. The highest BCUT2D eigenvalue weighted by Crippen LogP contribution is 2.13. The van der Waals surface area contributed by atoms with E-state index in [1.165, 1.54) is 0 Å². The number of H-pyrrole nitrogens is 1. The van der Waals surface area contributed by atoms with Gasteiger partial charge in [0.25, 0.3) is 0 Å². The molecule has 0 radical (unpaired) electrons. The van der Waals surface area contributed by atoms with Crippen molar-refractivity contribution in [3.8, 4) is 0 Å². The van der Waals surface area contributed by atoms with Crippen LogP contribution in [0.5, 0.6) is 0 Å². The van der Waals surface area contributed by atoms with Crippen LogP contribution in [0.4, 0.5) is 17.5 Å². The number of rotatable bonds is 2. The largest absolute Gasteiger partial charge is 0.384 e. The normalized spacial score (nSPS) is 10.1. The van der Waals surface area contributed by atoms with Gasteiger partial charge in [-0.1, -0.05) is 6.07 Å². The van der Waals surface area contributed by atoms with Crippen molar-refractivity contribution < 1.29 is 0 Å². The first kappa shape index (κ1) is 8.55. The Morgan fingerprint density at radius 3 is 2.86 bits per heavy atom. The molecule has 0 fully saturated rings. The predicted molar refractivity (Wildman–Crippen MR) is 55.3 cm³/mol. The zero-order chi connectivity index (χ0) is 9.97. The molecule has 5 nitrogen and oxygen atoms in total. The van der Waals surface area contributed by atoms with Gasteiger partial charge in [0.05, 0.1) is 0 Å². The van der Waals surface area contributed by atoms with Gasteiger partial charge in [-0.25, -0.2) is 4.98 Å². The SMILES string of the molecule is Cc1cc(Nc2cccc(N)n2)n[nH]1. The molecule has 2 aromatic rings. The molecule has 0 atom stereocenters. The predicted octanol–water partition coefficient (Wildman–Crippen LogP) is 1.44. The second-order valence-corrected chi connectivity index (χ2v) is 3.01. The first-order chi connectivity index (χ1) is 6.74. The Bertz CT molecular complexity index is 434. The van der Waals surface area contributed by atoms with Gasteiger partial charge in [-0.2, -0.15) is 5.10 Å². The molecule has 14 heavy (non-hydrogen) atoms. The number of aromatic amines is 1. The summed E-state index contributed by atoms with van der Waals surface area (Å²) in [6, 6.07) is 7.30. The average Bonchev–Trinajstić information content (AvgIpc) is 2.51. The van der Waals surface area contributed by atoms with E-state index in [2.05, 4.69) is 20.5 Å². The molecule has 0 aliphatic heterocycles. The number of aryl methyl sites for hydroxylation is 1. The van der Waals surface area contributed by atoms with Gasteiger partial charge >= 0.3 is 0 Å². The highest BCUT2D eigenvalue weighted by Gasteiger charge is 1.98. The number of nitrogens with one attached hydrogen (secondary N) is 2. The molecule has 0 unspecified atom stereocenters. The molecule has 0 bridgehead atoms. The van der Waals surface area contributed by atoms with Crippen LogP contribution in [0.1, 0.15) is 5.69 Å². The van der Waals surface area contributed by atoms with E-state index in [1.807, 2.05) is 25.1 Å². The minimum Gasteiger partial charge on any atom is -0.384 e. The first-order valence-corrected chi connectivity index (χ1v) is 4.25. The third-order valence-electron chi connectivity index (χ3n) is 1.73. The zero-order valence-corrected chi connectivity index (χ0v) is 7.78. The number of hydrogen-bond donors (Lipinski definition) is 3. The van der Waals surface area contributed by atoms with Crippen molar-refractivity contribution in [2.24, 2.45) is 0 Å². The molecule has 0 aliphatic rings. The fraction of sp³-hybridized carbons (Fsp3) is 0.111. The Labute approximate surface area is 81.4 Å². The van der Waals surface area contributed by atoms with Crippen molar-refractivity contribution in [1.29, 1.82) is 0 Å². The Morgan fingerprint density at radius 1 is 1.36 bits per heavy atom. The van der Waals surface area contributed by atoms with Gasteiger partial charge < -0.3 is 11.1 Å². The maximum Gasteiger partial charge on any atom is 0.153 e. The van der Waals surface area contributed by atoms with E-state index in [9.17, 15) is 0 Å². The van der Waals surface area contributed by atoms with Gasteiger partial charge in [-0.15, -0.1) is 0 Å². The van der Waals surface area contributed by atoms with Crippen LogP contribution in [0.15, 0.2) is 24.3 Å². The molecule has 0 saturated heterocycles. The lowest BCUT2D eigenvalue weighted by Gasteiger charge is -2.01. The van der Waals surface area contributed by atoms with Gasteiger partial charge in [-0.3, -0.25) is 5.10 Å². The lowest BCUT2D eigenvalue weighted by atomic mass is 10.4. The minimum atomic E-state index is 0.488. The first-order valence-electron chi connectivity index (χ1n) is 4.25. The number of anilines is 3. The molecule has 0 aliphatic carbocycles. The molecule has 2 rings (SSSR count). The maximum absolute atomic E-state index is 5.54. The smallest absolute Gasteiger partial charge is 0.153 e. The summed E-state index contributed by atoms with van der Waals surface area (Å²) < 4.78 is 0. The molecule has 5 heteroatoms. The number of nitrogens with zero attached hydrogens (tertiary/aromatic N) is 2. The molecule has 2 aromatic heterocycles. The summed E-state index contributed by atoms with van der Waals surface area (Å²) >= 11 is 0. The van der Waals surface area contributed by atoms with Crippen molar-refractivity contribution in [3.05, 3.63) is 30.0 Å². The summed E-state index contributed by atoms with van der Waals surface area (Å²) in [7, 11) is 0. The number of pyridine rings is 1. The van der Waals surface area contributed by atoms with Crippen molar-refractivity contribution in [3.63, 3.8) is 0 Å². The van der Waals surface area contributed by atoms with Gasteiger partial charge in [0.15, 0.2) is 5.82 Å². The monoisotopic (exact) mass is 189 g/mol. The van der Waals surface area contributed by atoms with E-state index in [-0.39, 0.29) is 0 Å². The van der Waals surface area contributed by atoms with Crippen molar-refractivity contribution in [2.75, 3.05) is 11.1 Å². The van der Waals surface area contributed by atoms with Crippen LogP contribution in [-0.4, -0.2) is 15.2 Å². The van der Waals surface area contributed by atoms with E-state index < -0.39 is 0 Å². The minimum absolute atomic E-state index is 0.488. The Balaban J connectivity index is 2.18. The molecule has 0 saturated carbocycles. The summed E-state index contributed by atoms with van der Waals surface area (Å²) in [4.78, 5) is 4.09. The van der Waals surface area contributed by atoms with Gasteiger partial charge in [0.2, 0.25) is 0 Å². The highest BCUT2D eigenvalue weighted by atomic mass is 15.2. The van der Waals surface area contributed by atoms with Crippen molar-refractivity contribution in [2.45, 2.75) is 6.92 Å². The zero-order valence-electron chi connectivity index (χ0n) is 7.78. The summed E-state index contributed by atoms with van der Waals surface area (Å²) in [6.45, 7) is 1.94. The summed E-state index contributed by atoms with van der Waals surface area (Å²) in [5.74, 6) is 1.92. The molecule has 4 N–H and O–H groups in total. The quantitative estimate of drug-likeness (QED) is 0.667. The molecular formula is C9H11N5. The Kier molecular flexibility index (Phi) is 2.06. The van der Waals surface area contributed by atoms with Crippen LogP contribution in [-0.2, 0) is 0 Å². The number of hydrogen-bond acceptors (Lipinski definition) is 4. The lowest BCUT2D eigenvalue weighted by Crippen LogP contribution is -1.96. The number of nitrogens with two attached hydrogens (primary N) is 1. The van der Waals surface area contributed by atoms with Crippen LogP contribution in [0.25, 0.3) is 0 Å². The summed E-state index contributed by atoms with van der Waals surface area (Å²) in [6.07, 6.45) is 0. The Morgan fingerprint density at radius 2 is 2.21 bits per heavy atom. The van der Waals surface area contributed by atoms with E-state index in [0.717, 1.165) is 11.5 Å². The second kappa shape index (κ2) is 3.37. The maximum atomic E-state index is 5.54. The third kappa shape index (κ3) is 1.82. The standard InChI is InChI=1S/C9H11N5/c1-6-5-9(14-13-6)12-8-4-2-3-7(10)11-8/h2-5H,1H3,(H4,10,11,12,13,14). The fourth-order valence-corrected chi connectivity index (χ4v) is 1.13. The van der Waals surface area contributed by atoms with E-state index in [4.69, 9.17) is 5.73 Å². The van der Waals surface area contributed by atoms with Gasteiger partial charge in [0.1, 0.15) is 11.6 Å². The van der Waals surface area contributed by atoms with Crippen LogP contribution < -0.4 is 11.1 Å². The van der Waals surface area contributed by atoms with Crippen molar-refractivity contribution in [1.82, 2.24) is 15.2 Å². The summed E-state index contributed by atoms with van der Waals surface area (Å²) in [5.41, 5.74) is 6.53. The molecular weight excluding hydrogens is 178 g/mol. The van der Waals surface area contributed by atoms with E-state index >= 15 is 0 Å². The lowest BCUT2D eigenvalue weighted by molar-refractivity contribution is 1.05. The van der Waals surface area contributed by atoms with Crippen LogP contribution >= 0.6 is 0 Å².